The monoisotopic (exact) mass is 262 g/mol. The van der Waals surface area contributed by atoms with Crippen molar-refractivity contribution < 1.29 is 0 Å². The molecule has 4 rings (SSSR count). The number of hydrogen-bond donors (Lipinski definition) is 1. The van der Waals surface area contributed by atoms with E-state index < -0.39 is 0 Å². The molecule has 4 unspecified atom stereocenters. The van der Waals surface area contributed by atoms with Gasteiger partial charge in [-0.2, -0.15) is 0 Å². The van der Waals surface area contributed by atoms with Gasteiger partial charge in [0.05, 0.1) is 0 Å². The van der Waals surface area contributed by atoms with Gasteiger partial charge in [0.2, 0.25) is 0 Å². The van der Waals surface area contributed by atoms with E-state index in [4.69, 9.17) is 0 Å². The smallest absolute Gasteiger partial charge is 0.000664 e. The molecule has 0 aromatic heterocycles. The largest absolute Gasteiger partial charge is 0.316 e. The molecule has 0 spiro atoms. The quantitative estimate of drug-likeness (QED) is 0.741. The van der Waals surface area contributed by atoms with Crippen molar-refractivity contribution in [2.45, 2.75) is 44.9 Å². The third-order valence-corrected chi connectivity index (χ3v) is 6.55. The van der Waals surface area contributed by atoms with Crippen LogP contribution in [0.15, 0.2) is 0 Å². The van der Waals surface area contributed by atoms with Gasteiger partial charge in [-0.05, 0) is 101 Å². The summed E-state index contributed by atoms with van der Waals surface area (Å²) < 4.78 is 0. The SMILES string of the molecule is C1CCN(CCCNCC2C3C4CCC(C4)C23)CC1. The van der Waals surface area contributed by atoms with Gasteiger partial charge < -0.3 is 10.2 Å². The van der Waals surface area contributed by atoms with Gasteiger partial charge in [0.1, 0.15) is 0 Å². The highest BCUT2D eigenvalue weighted by molar-refractivity contribution is 5.13. The van der Waals surface area contributed by atoms with Crippen LogP contribution in [0.2, 0.25) is 0 Å². The first-order chi connectivity index (χ1) is 9.43. The number of hydrogen-bond acceptors (Lipinski definition) is 2. The molecule has 4 atom stereocenters. The summed E-state index contributed by atoms with van der Waals surface area (Å²) in [5, 5.41) is 3.76. The fraction of sp³-hybridized carbons (Fsp3) is 1.00. The van der Waals surface area contributed by atoms with Crippen LogP contribution in [-0.2, 0) is 0 Å². The van der Waals surface area contributed by atoms with Crippen LogP contribution in [0.1, 0.15) is 44.9 Å². The van der Waals surface area contributed by atoms with Crippen LogP contribution in [0.5, 0.6) is 0 Å². The minimum atomic E-state index is 1.08. The number of piperidine rings is 1. The highest BCUT2D eigenvalue weighted by Gasteiger charge is 2.64. The summed E-state index contributed by atoms with van der Waals surface area (Å²) in [5.41, 5.74) is 0. The lowest BCUT2D eigenvalue weighted by atomic mass is 10.0. The number of nitrogens with zero attached hydrogens (tertiary/aromatic N) is 1. The molecule has 1 saturated heterocycles. The molecule has 19 heavy (non-hydrogen) atoms. The predicted molar refractivity (Wildman–Crippen MR) is 79.1 cm³/mol. The molecule has 4 fully saturated rings. The third-order valence-electron chi connectivity index (χ3n) is 6.55. The van der Waals surface area contributed by atoms with E-state index in [0.29, 0.717) is 0 Å². The fourth-order valence-electron chi connectivity index (χ4n) is 5.66. The van der Waals surface area contributed by atoms with E-state index in [-0.39, 0.29) is 0 Å². The summed E-state index contributed by atoms with van der Waals surface area (Å²) in [6.07, 6.45) is 10.4. The molecule has 0 radical (unpaired) electrons. The molecule has 3 aliphatic carbocycles. The second kappa shape index (κ2) is 5.37. The molecule has 108 valence electrons. The zero-order chi connectivity index (χ0) is 12.7. The first-order valence-corrected chi connectivity index (χ1v) is 8.86. The van der Waals surface area contributed by atoms with Crippen LogP contribution < -0.4 is 5.32 Å². The number of rotatable bonds is 6. The summed E-state index contributed by atoms with van der Waals surface area (Å²) in [6.45, 7) is 6.63. The second-order valence-electron chi connectivity index (χ2n) is 7.61. The lowest BCUT2D eigenvalue weighted by Gasteiger charge is -2.26. The maximum atomic E-state index is 3.76. The molecule has 1 aliphatic heterocycles. The summed E-state index contributed by atoms with van der Waals surface area (Å²) in [7, 11) is 0. The van der Waals surface area contributed by atoms with Crippen molar-refractivity contribution in [1.82, 2.24) is 10.2 Å². The van der Waals surface area contributed by atoms with Crippen molar-refractivity contribution in [3.63, 3.8) is 0 Å². The first kappa shape index (κ1) is 12.6. The van der Waals surface area contributed by atoms with Crippen LogP contribution in [0.25, 0.3) is 0 Å². The minimum absolute atomic E-state index is 1.08. The fourth-order valence-corrected chi connectivity index (χ4v) is 5.66. The van der Waals surface area contributed by atoms with E-state index in [2.05, 4.69) is 10.2 Å². The van der Waals surface area contributed by atoms with Crippen LogP contribution in [-0.4, -0.2) is 37.6 Å². The Labute approximate surface area is 118 Å². The topological polar surface area (TPSA) is 15.3 Å². The van der Waals surface area contributed by atoms with Gasteiger partial charge in [0, 0.05) is 0 Å². The molecule has 1 N–H and O–H groups in total. The van der Waals surface area contributed by atoms with E-state index in [1.165, 1.54) is 58.4 Å². The Kier molecular flexibility index (Phi) is 3.57. The standard InChI is InChI=1S/C17H30N2/c1-2-8-19(9-3-1)10-4-7-18-12-15-16-13-5-6-14(11-13)17(15)16/h13-18H,1-12H2. The van der Waals surface area contributed by atoms with Crippen LogP contribution in [0.3, 0.4) is 0 Å². The Morgan fingerprint density at radius 3 is 2.42 bits per heavy atom. The zero-order valence-corrected chi connectivity index (χ0v) is 12.3. The lowest BCUT2D eigenvalue weighted by Crippen LogP contribution is -2.32. The van der Waals surface area contributed by atoms with Gasteiger partial charge in [-0.3, -0.25) is 0 Å². The Morgan fingerprint density at radius 1 is 0.947 bits per heavy atom. The molecule has 4 aliphatic rings. The van der Waals surface area contributed by atoms with Crippen molar-refractivity contribution >= 4 is 0 Å². The van der Waals surface area contributed by atoms with Crippen molar-refractivity contribution in [3.8, 4) is 0 Å². The number of likely N-dealkylation sites (tertiary alicyclic amines) is 1. The highest BCUT2D eigenvalue weighted by Crippen LogP contribution is 2.69. The minimum Gasteiger partial charge on any atom is -0.316 e. The summed E-state index contributed by atoms with van der Waals surface area (Å²) in [6, 6.07) is 0. The molecule has 0 amide bonds. The summed E-state index contributed by atoms with van der Waals surface area (Å²) in [4.78, 5) is 2.66. The maximum absolute atomic E-state index is 3.76. The second-order valence-corrected chi connectivity index (χ2v) is 7.61. The van der Waals surface area contributed by atoms with E-state index in [1.54, 1.807) is 19.3 Å². The van der Waals surface area contributed by atoms with E-state index in [9.17, 15) is 0 Å². The van der Waals surface area contributed by atoms with Crippen LogP contribution in [0, 0.1) is 29.6 Å². The van der Waals surface area contributed by atoms with E-state index >= 15 is 0 Å². The van der Waals surface area contributed by atoms with Gasteiger partial charge in [0.25, 0.3) is 0 Å². The average molecular weight is 262 g/mol. The molecule has 1 heterocycles. The molecule has 2 nitrogen and oxygen atoms in total. The molecule has 0 aromatic carbocycles. The van der Waals surface area contributed by atoms with E-state index in [0.717, 1.165) is 29.6 Å². The summed E-state index contributed by atoms with van der Waals surface area (Å²) in [5.74, 6) is 5.70. The van der Waals surface area contributed by atoms with Gasteiger partial charge in [0.15, 0.2) is 0 Å². The molecule has 0 aromatic rings. The summed E-state index contributed by atoms with van der Waals surface area (Å²) >= 11 is 0. The van der Waals surface area contributed by atoms with E-state index in [1.807, 2.05) is 0 Å². The molecular formula is C17H30N2. The Morgan fingerprint density at radius 2 is 1.68 bits per heavy atom. The molecule has 2 heteroatoms. The van der Waals surface area contributed by atoms with Gasteiger partial charge in [-0.25, -0.2) is 0 Å². The molecule has 2 bridgehead atoms. The Hall–Kier alpha value is -0.0800. The number of nitrogens with one attached hydrogen (secondary N) is 1. The lowest BCUT2D eigenvalue weighted by molar-refractivity contribution is 0.225. The molecule has 3 saturated carbocycles. The maximum Gasteiger partial charge on any atom is -0.000664 e. The van der Waals surface area contributed by atoms with Crippen LogP contribution >= 0.6 is 0 Å². The van der Waals surface area contributed by atoms with Crippen molar-refractivity contribution in [3.05, 3.63) is 0 Å². The van der Waals surface area contributed by atoms with Gasteiger partial charge in [-0.15, -0.1) is 0 Å². The zero-order valence-electron chi connectivity index (χ0n) is 12.3. The first-order valence-electron chi connectivity index (χ1n) is 8.86. The normalized spacial score (nSPS) is 44.5. The highest BCUT2D eigenvalue weighted by atomic mass is 15.1. The molecular weight excluding hydrogens is 232 g/mol. The number of fused-ring (bicyclic) bond motifs is 5. The average Bonchev–Trinajstić information content (AvgIpc) is 2.84. The Balaban J connectivity index is 1.09. The third kappa shape index (κ3) is 2.47. The van der Waals surface area contributed by atoms with Crippen molar-refractivity contribution in [1.29, 1.82) is 0 Å². The Bertz CT molecular complexity index is 294. The van der Waals surface area contributed by atoms with Crippen molar-refractivity contribution in [2.75, 3.05) is 32.7 Å². The predicted octanol–water partition coefficient (Wildman–Crippen LogP) is 2.74. The van der Waals surface area contributed by atoms with Crippen molar-refractivity contribution in [2.24, 2.45) is 29.6 Å². The van der Waals surface area contributed by atoms with Gasteiger partial charge >= 0.3 is 0 Å². The van der Waals surface area contributed by atoms with Gasteiger partial charge in [-0.1, -0.05) is 6.42 Å². The van der Waals surface area contributed by atoms with Crippen LogP contribution in [0.4, 0.5) is 0 Å².